The minimum atomic E-state index is -0.241. The number of morpholine rings is 1. The molecule has 14 nitrogen and oxygen atoms in total. The highest BCUT2D eigenvalue weighted by Gasteiger charge is 2.42. The fourth-order valence-corrected chi connectivity index (χ4v) is 6.25. The average Bonchev–Trinajstić information content (AvgIpc) is 3.75. The van der Waals surface area contributed by atoms with Gasteiger partial charge < -0.3 is 19.5 Å². The molecule has 4 heterocycles. The zero-order valence-electron chi connectivity index (χ0n) is 25.9. The van der Waals surface area contributed by atoms with E-state index in [1.807, 2.05) is 25.3 Å². The molecule has 15 heteroatoms. The zero-order chi connectivity index (χ0) is 31.8. The molecule has 0 amide bonds. The van der Waals surface area contributed by atoms with Gasteiger partial charge in [-0.15, -0.1) is 10.2 Å². The summed E-state index contributed by atoms with van der Waals surface area (Å²) < 4.78 is 21.6. The molecular weight excluding hydrogens is 610 g/mol. The maximum Gasteiger partial charge on any atom is 0.257 e. The Morgan fingerprint density at radius 3 is 2.67 bits per heavy atom. The van der Waals surface area contributed by atoms with E-state index in [-0.39, 0.29) is 11.8 Å². The van der Waals surface area contributed by atoms with Crippen LogP contribution in [0.25, 0.3) is 11.1 Å². The maximum absolute atomic E-state index is 8.99. The minimum Gasteiger partial charge on any atom is -0.487 e. The van der Waals surface area contributed by atoms with Crippen LogP contribution in [0.3, 0.4) is 0 Å². The highest BCUT2D eigenvalue weighted by atomic mass is 35.5. The maximum atomic E-state index is 8.99. The lowest BCUT2D eigenvalue weighted by molar-refractivity contribution is -0.0836. The van der Waals surface area contributed by atoms with E-state index in [0.29, 0.717) is 67.5 Å². The van der Waals surface area contributed by atoms with E-state index in [9.17, 15) is 0 Å². The number of nitriles is 1. The second kappa shape index (κ2) is 14.8. The Morgan fingerprint density at radius 2 is 1.93 bits per heavy atom. The molecule has 2 fully saturated rings. The van der Waals surface area contributed by atoms with Gasteiger partial charge in [0.05, 0.1) is 43.7 Å². The molecule has 1 unspecified atom stereocenters. The Bertz CT molecular complexity index is 1590. The number of anilines is 2. The van der Waals surface area contributed by atoms with Crippen molar-refractivity contribution >= 4 is 23.2 Å². The lowest BCUT2D eigenvalue weighted by Crippen LogP contribution is -2.56. The molecule has 0 spiro atoms. The normalized spacial score (nSPS) is 17.2. The first-order valence-corrected chi connectivity index (χ1v) is 16.1. The largest absolute Gasteiger partial charge is 0.487 e. The van der Waals surface area contributed by atoms with E-state index in [2.05, 4.69) is 46.5 Å². The van der Waals surface area contributed by atoms with E-state index in [4.69, 9.17) is 36.2 Å². The van der Waals surface area contributed by atoms with Gasteiger partial charge >= 0.3 is 0 Å². The number of halogens is 1. The van der Waals surface area contributed by atoms with Crippen molar-refractivity contribution in [3.8, 4) is 28.8 Å². The van der Waals surface area contributed by atoms with Crippen molar-refractivity contribution in [2.45, 2.75) is 70.2 Å². The first kappa shape index (κ1) is 31.7. The van der Waals surface area contributed by atoms with E-state index in [0.717, 1.165) is 49.9 Å². The minimum absolute atomic E-state index is 0.215. The number of aromatic nitrogens is 8. The summed E-state index contributed by atoms with van der Waals surface area (Å²) in [4.78, 5) is 11.7. The molecular formula is C31H38ClN11O3. The fourth-order valence-electron chi connectivity index (χ4n) is 6.09. The van der Waals surface area contributed by atoms with Gasteiger partial charge in [-0.05, 0) is 67.2 Å². The van der Waals surface area contributed by atoms with Crippen molar-refractivity contribution in [3.63, 3.8) is 0 Å². The van der Waals surface area contributed by atoms with Crippen LogP contribution in [0, 0.1) is 11.3 Å². The summed E-state index contributed by atoms with van der Waals surface area (Å²) in [6.45, 7) is 5.95. The van der Waals surface area contributed by atoms with E-state index < -0.39 is 0 Å². The number of nitrogens with zero attached hydrogens (tertiary/aromatic N) is 10. The van der Waals surface area contributed by atoms with Gasteiger partial charge in [0.2, 0.25) is 5.95 Å². The zero-order valence-corrected chi connectivity index (χ0v) is 26.6. The predicted octanol–water partition coefficient (Wildman–Crippen LogP) is 4.82. The molecule has 3 aromatic heterocycles. The van der Waals surface area contributed by atoms with E-state index in [1.165, 1.54) is 12.7 Å². The van der Waals surface area contributed by atoms with Gasteiger partial charge in [0.15, 0.2) is 0 Å². The first-order valence-electron chi connectivity index (χ1n) is 15.7. The van der Waals surface area contributed by atoms with Crippen LogP contribution >= 0.6 is 11.6 Å². The summed E-state index contributed by atoms with van der Waals surface area (Å²) in [5.41, 5.74) is 2.11. The molecule has 2 aliphatic rings. The van der Waals surface area contributed by atoms with Gasteiger partial charge in [-0.25, -0.2) is 19.3 Å². The quantitative estimate of drug-likeness (QED) is 0.198. The molecule has 6 rings (SSSR count). The van der Waals surface area contributed by atoms with Crippen molar-refractivity contribution in [2.24, 2.45) is 0 Å². The van der Waals surface area contributed by atoms with Crippen LogP contribution < -0.4 is 14.8 Å². The predicted molar refractivity (Wildman–Crippen MR) is 170 cm³/mol. The van der Waals surface area contributed by atoms with E-state index >= 15 is 0 Å². The highest BCUT2D eigenvalue weighted by molar-refractivity contribution is 6.32. The van der Waals surface area contributed by atoms with E-state index in [1.54, 1.807) is 23.1 Å². The lowest BCUT2D eigenvalue weighted by Gasteiger charge is -2.47. The van der Waals surface area contributed by atoms with Gasteiger partial charge in [0.1, 0.15) is 29.5 Å². The van der Waals surface area contributed by atoms with Gasteiger partial charge in [0, 0.05) is 37.5 Å². The molecule has 0 radical (unpaired) electrons. The molecule has 1 saturated heterocycles. The molecule has 242 valence electrons. The Morgan fingerprint density at radius 1 is 1.13 bits per heavy atom. The summed E-state index contributed by atoms with van der Waals surface area (Å²) >= 11 is 6.45. The van der Waals surface area contributed by atoms with Gasteiger partial charge in [0.25, 0.3) is 5.88 Å². The Balaban J connectivity index is 1.21. The van der Waals surface area contributed by atoms with Crippen molar-refractivity contribution in [1.82, 2.24) is 44.9 Å². The molecule has 4 aromatic rings. The average molecular weight is 648 g/mol. The molecule has 1 saturated carbocycles. The molecule has 1 aromatic carbocycles. The number of rotatable bonds is 13. The van der Waals surface area contributed by atoms with Crippen LogP contribution in [0.1, 0.15) is 51.9 Å². The van der Waals surface area contributed by atoms with Crippen molar-refractivity contribution in [1.29, 1.82) is 5.26 Å². The van der Waals surface area contributed by atoms with Crippen LogP contribution in [0.15, 0.2) is 43.1 Å². The standard InChI is InChI=1S/C31H38ClN11O3/c1-23(20-42-22-36-39-40-42)46-28-17-24(7-8-26(28)32)25-18-34-30(35-19-25)37-27-21-43(38-29(27)45-14-6-5-11-33)31(9-3-2-4-10-31)41-12-15-44-16-13-41/h7-8,17-19,21-23H,2-6,9-10,12-16,20H2,1H3,(H,34,35,37). The Hall–Kier alpha value is -4.32. The summed E-state index contributed by atoms with van der Waals surface area (Å²) in [6.07, 6.45) is 13.4. The Kier molecular flexibility index (Phi) is 10.2. The summed E-state index contributed by atoms with van der Waals surface area (Å²) in [7, 11) is 0. The van der Waals surface area contributed by atoms with Crippen LogP contribution in [0.5, 0.6) is 11.6 Å². The molecule has 1 N–H and O–H groups in total. The Labute approximate surface area is 272 Å². The number of hydrogen-bond donors (Lipinski definition) is 1. The van der Waals surface area contributed by atoms with Crippen molar-refractivity contribution < 1.29 is 14.2 Å². The fraction of sp³-hybridized carbons (Fsp3) is 0.516. The summed E-state index contributed by atoms with van der Waals surface area (Å²) in [5, 5.41) is 29.0. The number of nitrogens with one attached hydrogen (secondary N) is 1. The van der Waals surface area contributed by atoms with Gasteiger partial charge in [-0.2, -0.15) is 5.26 Å². The third kappa shape index (κ3) is 7.38. The third-order valence-electron chi connectivity index (χ3n) is 8.36. The SMILES string of the molecule is CC(Cn1cnnn1)Oc1cc(-c2cnc(Nc3cn(C4(N5CCOCC5)CCCCC4)nc3OCCCC#N)nc2)ccc1Cl. The number of unbranched alkanes of at least 4 members (excludes halogenated alkanes) is 1. The number of hydrogen-bond acceptors (Lipinski definition) is 12. The molecule has 46 heavy (non-hydrogen) atoms. The van der Waals surface area contributed by atoms with Crippen LogP contribution in [0.2, 0.25) is 5.02 Å². The highest BCUT2D eigenvalue weighted by Crippen LogP contribution is 2.41. The molecule has 1 atom stereocenters. The van der Waals surface area contributed by atoms with Crippen molar-refractivity contribution in [2.75, 3.05) is 38.2 Å². The summed E-state index contributed by atoms with van der Waals surface area (Å²) in [6, 6.07) is 7.74. The molecule has 1 aliphatic heterocycles. The van der Waals surface area contributed by atoms with Gasteiger partial charge in [-0.1, -0.05) is 24.1 Å². The number of tetrazole rings is 1. The lowest BCUT2D eigenvalue weighted by atomic mass is 9.87. The molecule has 1 aliphatic carbocycles. The van der Waals surface area contributed by atoms with Crippen molar-refractivity contribution in [3.05, 3.63) is 48.1 Å². The summed E-state index contributed by atoms with van der Waals surface area (Å²) in [5.74, 6) is 1.43. The number of benzene rings is 1. The molecule has 0 bridgehead atoms. The van der Waals surface area contributed by atoms with Crippen LogP contribution in [-0.2, 0) is 16.9 Å². The second-order valence-corrected chi connectivity index (χ2v) is 12.0. The monoisotopic (exact) mass is 647 g/mol. The third-order valence-corrected chi connectivity index (χ3v) is 8.67. The van der Waals surface area contributed by atoms with Crippen LogP contribution in [-0.4, -0.2) is 83.9 Å². The topological polar surface area (TPSA) is 154 Å². The smallest absolute Gasteiger partial charge is 0.257 e. The first-order chi connectivity index (χ1) is 22.5. The number of ether oxygens (including phenoxy) is 3. The van der Waals surface area contributed by atoms with Crippen LogP contribution in [0.4, 0.5) is 11.6 Å². The van der Waals surface area contributed by atoms with Gasteiger partial charge in [-0.3, -0.25) is 4.90 Å². The second-order valence-electron chi connectivity index (χ2n) is 11.6.